The first-order valence-corrected chi connectivity index (χ1v) is 8.03. The van der Waals surface area contributed by atoms with Crippen LogP contribution in [0.5, 0.6) is 0 Å². The Balaban J connectivity index is 2.61. The smallest absolute Gasteiger partial charge is 0.407 e. The second-order valence-corrected chi connectivity index (χ2v) is 6.68. The van der Waals surface area contributed by atoms with Crippen LogP contribution in [-0.2, 0) is 9.47 Å². The lowest BCUT2D eigenvalue weighted by molar-refractivity contribution is 0.0526. The highest BCUT2D eigenvalue weighted by Gasteiger charge is 2.18. The third-order valence-corrected chi connectivity index (χ3v) is 3.56. The number of hydrogen-bond acceptors (Lipinski definition) is 5. The summed E-state index contributed by atoms with van der Waals surface area (Å²) in [5, 5.41) is 2.77. The summed E-state index contributed by atoms with van der Waals surface area (Å²) in [5.74, 6) is 1.37. The summed E-state index contributed by atoms with van der Waals surface area (Å²) in [6.07, 6.45) is 2.10. The monoisotopic (exact) mass is 335 g/mol. The Hall–Kier alpha value is -2.24. The molecule has 0 radical (unpaired) electrons. The molecule has 0 spiro atoms. The molecule has 1 rings (SSSR count). The Morgan fingerprint density at radius 3 is 2.71 bits per heavy atom. The third kappa shape index (κ3) is 6.10. The van der Waals surface area contributed by atoms with E-state index in [0.29, 0.717) is 12.3 Å². The molecular formula is C18H29N3O3. The number of amides is 1. The standard InChI is InChI=1S/C18H29N3O3/c1-13(10-12-20-17(22)24-18(3,4)5)21(6)16-15(14(2)23-7)9-8-11-19-16/h8-9,11,13H,2,10,12H2,1,3-7H3,(H,20,22). The molecule has 1 unspecified atom stereocenters. The Labute approximate surface area is 144 Å². The van der Waals surface area contributed by atoms with E-state index in [4.69, 9.17) is 9.47 Å². The van der Waals surface area contributed by atoms with E-state index in [1.165, 1.54) is 0 Å². The number of anilines is 1. The summed E-state index contributed by atoms with van der Waals surface area (Å²) in [7, 11) is 3.56. The van der Waals surface area contributed by atoms with Gasteiger partial charge in [0.15, 0.2) is 0 Å². The molecule has 0 bridgehead atoms. The molecule has 1 N–H and O–H groups in total. The molecule has 1 aromatic rings. The number of aromatic nitrogens is 1. The lowest BCUT2D eigenvalue weighted by Gasteiger charge is -2.28. The van der Waals surface area contributed by atoms with Gasteiger partial charge in [0.05, 0.1) is 12.7 Å². The molecule has 0 aromatic carbocycles. The quantitative estimate of drug-likeness (QED) is 0.773. The summed E-state index contributed by atoms with van der Waals surface area (Å²) < 4.78 is 10.5. The highest BCUT2D eigenvalue weighted by atomic mass is 16.6. The van der Waals surface area contributed by atoms with Crippen LogP contribution in [0, 0.1) is 0 Å². The molecule has 1 amide bonds. The number of hydrogen-bond donors (Lipinski definition) is 1. The fraction of sp³-hybridized carbons (Fsp3) is 0.556. The van der Waals surface area contributed by atoms with Crippen molar-refractivity contribution in [2.45, 2.75) is 45.8 Å². The van der Waals surface area contributed by atoms with E-state index < -0.39 is 11.7 Å². The Kier molecular flexibility index (Phi) is 7.07. The van der Waals surface area contributed by atoms with Crippen molar-refractivity contribution < 1.29 is 14.3 Å². The molecule has 0 aliphatic heterocycles. The van der Waals surface area contributed by atoms with E-state index in [0.717, 1.165) is 17.8 Å². The molecule has 0 saturated carbocycles. The van der Waals surface area contributed by atoms with E-state index in [9.17, 15) is 4.79 Å². The van der Waals surface area contributed by atoms with Gasteiger partial charge in [0, 0.05) is 25.8 Å². The van der Waals surface area contributed by atoms with Crippen LogP contribution in [-0.4, -0.2) is 43.4 Å². The Bertz CT molecular complexity index is 567. The van der Waals surface area contributed by atoms with Crippen molar-refractivity contribution in [3.63, 3.8) is 0 Å². The first kappa shape index (κ1) is 19.8. The molecule has 0 aliphatic carbocycles. The van der Waals surface area contributed by atoms with Gasteiger partial charge in [-0.25, -0.2) is 9.78 Å². The summed E-state index contributed by atoms with van der Waals surface area (Å²) >= 11 is 0. The molecule has 0 saturated heterocycles. The molecule has 1 aromatic heterocycles. The lowest BCUT2D eigenvalue weighted by atomic mass is 10.1. The SMILES string of the molecule is C=C(OC)c1cccnc1N(C)C(C)CCNC(=O)OC(C)(C)C. The van der Waals surface area contributed by atoms with Crippen molar-refractivity contribution in [1.29, 1.82) is 0 Å². The van der Waals surface area contributed by atoms with Gasteiger partial charge in [0.1, 0.15) is 17.2 Å². The van der Waals surface area contributed by atoms with Gasteiger partial charge in [-0.05, 0) is 46.2 Å². The molecule has 0 aliphatic rings. The number of carbonyl (C=O) groups excluding carboxylic acids is 1. The molecule has 24 heavy (non-hydrogen) atoms. The second-order valence-electron chi connectivity index (χ2n) is 6.68. The largest absolute Gasteiger partial charge is 0.497 e. The number of alkyl carbamates (subject to hydrolysis) is 1. The van der Waals surface area contributed by atoms with Crippen molar-refractivity contribution >= 4 is 17.7 Å². The second kappa shape index (κ2) is 8.57. The molecule has 1 atom stereocenters. The minimum atomic E-state index is -0.490. The molecule has 0 fully saturated rings. The van der Waals surface area contributed by atoms with Gasteiger partial charge in [-0.2, -0.15) is 0 Å². The van der Waals surface area contributed by atoms with Crippen LogP contribution < -0.4 is 10.2 Å². The average molecular weight is 335 g/mol. The summed E-state index contributed by atoms with van der Waals surface area (Å²) in [4.78, 5) is 18.2. The van der Waals surface area contributed by atoms with Gasteiger partial charge in [-0.3, -0.25) is 0 Å². The van der Waals surface area contributed by atoms with Gasteiger partial charge in [-0.15, -0.1) is 0 Å². The molecule has 6 nitrogen and oxygen atoms in total. The molecule has 1 heterocycles. The number of methoxy groups -OCH3 is 1. The van der Waals surface area contributed by atoms with Crippen LogP contribution in [0.2, 0.25) is 0 Å². The predicted molar refractivity (Wildman–Crippen MR) is 97.0 cm³/mol. The van der Waals surface area contributed by atoms with Crippen LogP contribution in [0.1, 0.15) is 39.7 Å². The van der Waals surface area contributed by atoms with E-state index in [1.54, 1.807) is 13.3 Å². The number of nitrogens with zero attached hydrogens (tertiary/aromatic N) is 2. The Morgan fingerprint density at radius 1 is 1.46 bits per heavy atom. The van der Waals surface area contributed by atoms with Crippen LogP contribution in [0.15, 0.2) is 24.9 Å². The van der Waals surface area contributed by atoms with Crippen LogP contribution >= 0.6 is 0 Å². The molecule has 6 heteroatoms. The van der Waals surface area contributed by atoms with E-state index in [1.807, 2.05) is 40.0 Å². The minimum absolute atomic E-state index is 0.165. The Morgan fingerprint density at radius 2 is 2.12 bits per heavy atom. The summed E-state index contributed by atoms with van der Waals surface area (Å²) in [6, 6.07) is 3.94. The zero-order valence-corrected chi connectivity index (χ0v) is 15.5. The average Bonchev–Trinajstić information content (AvgIpc) is 2.51. The molecular weight excluding hydrogens is 306 g/mol. The fourth-order valence-corrected chi connectivity index (χ4v) is 2.11. The van der Waals surface area contributed by atoms with Gasteiger partial charge >= 0.3 is 6.09 Å². The minimum Gasteiger partial charge on any atom is -0.497 e. The van der Waals surface area contributed by atoms with E-state index in [2.05, 4.69) is 28.7 Å². The summed E-state index contributed by atoms with van der Waals surface area (Å²) in [6.45, 7) is 12.0. The first-order valence-electron chi connectivity index (χ1n) is 8.03. The number of rotatable bonds is 7. The van der Waals surface area contributed by atoms with Crippen molar-refractivity contribution in [3.8, 4) is 0 Å². The normalized spacial score (nSPS) is 12.2. The number of carbonyl (C=O) groups is 1. The number of nitrogens with one attached hydrogen (secondary N) is 1. The number of pyridine rings is 1. The predicted octanol–water partition coefficient (Wildman–Crippen LogP) is 3.44. The summed E-state index contributed by atoms with van der Waals surface area (Å²) in [5.41, 5.74) is 0.366. The van der Waals surface area contributed by atoms with Crippen molar-refractivity contribution in [3.05, 3.63) is 30.5 Å². The highest BCUT2D eigenvalue weighted by Crippen LogP contribution is 2.25. The number of ether oxygens (including phenoxy) is 2. The van der Waals surface area contributed by atoms with E-state index >= 15 is 0 Å². The van der Waals surface area contributed by atoms with E-state index in [-0.39, 0.29) is 6.04 Å². The highest BCUT2D eigenvalue weighted by molar-refractivity contribution is 5.69. The fourth-order valence-electron chi connectivity index (χ4n) is 2.11. The lowest BCUT2D eigenvalue weighted by Crippen LogP contribution is -2.37. The van der Waals surface area contributed by atoms with Crippen LogP contribution in [0.4, 0.5) is 10.6 Å². The maximum Gasteiger partial charge on any atom is 0.407 e. The topological polar surface area (TPSA) is 63.7 Å². The van der Waals surface area contributed by atoms with Crippen molar-refractivity contribution in [1.82, 2.24) is 10.3 Å². The van der Waals surface area contributed by atoms with Crippen LogP contribution in [0.25, 0.3) is 5.76 Å². The van der Waals surface area contributed by atoms with Gasteiger partial charge in [-0.1, -0.05) is 6.58 Å². The zero-order valence-electron chi connectivity index (χ0n) is 15.5. The first-order chi connectivity index (χ1) is 11.2. The molecule has 134 valence electrons. The van der Waals surface area contributed by atoms with Gasteiger partial charge in [0.25, 0.3) is 0 Å². The van der Waals surface area contributed by atoms with Crippen LogP contribution in [0.3, 0.4) is 0 Å². The van der Waals surface area contributed by atoms with Gasteiger partial charge < -0.3 is 19.7 Å². The maximum atomic E-state index is 11.7. The van der Waals surface area contributed by atoms with Crippen molar-refractivity contribution in [2.75, 3.05) is 25.6 Å². The van der Waals surface area contributed by atoms with Gasteiger partial charge in [0.2, 0.25) is 0 Å². The maximum absolute atomic E-state index is 11.7. The van der Waals surface area contributed by atoms with Crippen molar-refractivity contribution in [2.24, 2.45) is 0 Å². The third-order valence-electron chi connectivity index (χ3n) is 3.56. The zero-order chi connectivity index (χ0) is 18.3.